The molecule has 0 aliphatic heterocycles. The molecule has 98 valence electrons. The van der Waals surface area contributed by atoms with E-state index in [0.717, 1.165) is 24.5 Å². The van der Waals surface area contributed by atoms with Gasteiger partial charge in [-0.25, -0.2) is 9.18 Å². The standard InChI is InChI=1S/C12H7ClFNO4/c13-7-2-8(14)4-9(3-7)15-11(16)10-1-6(5-19-10)12(17)18/h1-5H,(H,15,16)(H,17,18). The highest BCUT2D eigenvalue weighted by molar-refractivity contribution is 6.31. The number of benzene rings is 1. The van der Waals surface area contributed by atoms with E-state index in [1.54, 1.807) is 0 Å². The quantitative estimate of drug-likeness (QED) is 0.907. The van der Waals surface area contributed by atoms with Crippen LogP contribution >= 0.6 is 11.6 Å². The van der Waals surface area contributed by atoms with Crippen molar-refractivity contribution in [3.63, 3.8) is 0 Å². The number of carboxylic acid groups (broad SMARTS) is 1. The second-order valence-electron chi connectivity index (χ2n) is 3.62. The number of carboxylic acids is 1. The first-order valence-corrected chi connectivity index (χ1v) is 5.43. The number of nitrogens with one attached hydrogen (secondary N) is 1. The van der Waals surface area contributed by atoms with E-state index < -0.39 is 17.7 Å². The molecule has 0 bridgehead atoms. The summed E-state index contributed by atoms with van der Waals surface area (Å²) >= 11 is 5.63. The predicted octanol–water partition coefficient (Wildman–Crippen LogP) is 3.02. The van der Waals surface area contributed by atoms with Crippen molar-refractivity contribution in [3.05, 3.63) is 52.7 Å². The van der Waals surface area contributed by atoms with E-state index in [0.29, 0.717) is 0 Å². The van der Waals surface area contributed by atoms with Gasteiger partial charge in [0.1, 0.15) is 12.1 Å². The number of amides is 1. The Labute approximate surface area is 111 Å². The van der Waals surface area contributed by atoms with Crippen molar-refractivity contribution < 1.29 is 23.5 Å². The van der Waals surface area contributed by atoms with Crippen LogP contribution in [-0.2, 0) is 0 Å². The van der Waals surface area contributed by atoms with Gasteiger partial charge in [0.15, 0.2) is 5.76 Å². The van der Waals surface area contributed by atoms with E-state index in [9.17, 15) is 14.0 Å². The van der Waals surface area contributed by atoms with Crippen LogP contribution in [0.5, 0.6) is 0 Å². The van der Waals surface area contributed by atoms with Gasteiger partial charge in [0.25, 0.3) is 5.91 Å². The van der Waals surface area contributed by atoms with Gasteiger partial charge in [-0.05, 0) is 18.2 Å². The number of hydrogen-bond acceptors (Lipinski definition) is 3. The second kappa shape index (κ2) is 5.11. The molecule has 1 aromatic heterocycles. The van der Waals surface area contributed by atoms with Crippen molar-refractivity contribution in [2.75, 3.05) is 5.32 Å². The van der Waals surface area contributed by atoms with E-state index in [2.05, 4.69) is 5.32 Å². The van der Waals surface area contributed by atoms with Crippen LogP contribution in [0.4, 0.5) is 10.1 Å². The number of carbonyl (C=O) groups excluding carboxylic acids is 1. The summed E-state index contributed by atoms with van der Waals surface area (Å²) in [5.74, 6) is -2.71. The molecule has 2 N–H and O–H groups in total. The van der Waals surface area contributed by atoms with Crippen LogP contribution < -0.4 is 5.32 Å². The summed E-state index contributed by atoms with van der Waals surface area (Å²) in [4.78, 5) is 22.3. The minimum absolute atomic E-state index is 0.126. The topological polar surface area (TPSA) is 79.5 Å². The molecule has 19 heavy (non-hydrogen) atoms. The molecule has 0 saturated carbocycles. The van der Waals surface area contributed by atoms with Crippen molar-refractivity contribution in [1.29, 1.82) is 0 Å². The van der Waals surface area contributed by atoms with E-state index in [-0.39, 0.29) is 22.0 Å². The molecule has 0 atom stereocenters. The lowest BCUT2D eigenvalue weighted by molar-refractivity contribution is 0.0696. The summed E-state index contributed by atoms with van der Waals surface area (Å²) in [6, 6.07) is 4.58. The maximum atomic E-state index is 13.1. The van der Waals surface area contributed by atoms with Gasteiger partial charge in [-0.2, -0.15) is 0 Å². The molecule has 1 aromatic carbocycles. The van der Waals surface area contributed by atoms with Gasteiger partial charge in [-0.15, -0.1) is 0 Å². The molecule has 0 radical (unpaired) electrons. The molecule has 1 amide bonds. The smallest absolute Gasteiger partial charge is 0.338 e. The molecule has 2 aromatic rings. The third-order valence-electron chi connectivity index (χ3n) is 2.19. The van der Waals surface area contributed by atoms with Crippen molar-refractivity contribution in [2.24, 2.45) is 0 Å². The third-order valence-corrected chi connectivity index (χ3v) is 2.41. The summed E-state index contributed by atoms with van der Waals surface area (Å²) in [5.41, 5.74) is -0.00861. The minimum Gasteiger partial charge on any atom is -0.478 e. The zero-order valence-electron chi connectivity index (χ0n) is 9.31. The van der Waals surface area contributed by atoms with Gasteiger partial charge in [-0.3, -0.25) is 4.79 Å². The average molecular weight is 284 g/mol. The summed E-state index contributed by atoms with van der Waals surface area (Å²) < 4.78 is 17.9. The van der Waals surface area contributed by atoms with Crippen LogP contribution in [0.2, 0.25) is 5.02 Å². The number of hydrogen-bond donors (Lipinski definition) is 2. The zero-order chi connectivity index (χ0) is 14.0. The monoisotopic (exact) mass is 283 g/mol. The third kappa shape index (κ3) is 3.11. The fourth-order valence-corrected chi connectivity index (χ4v) is 1.61. The van der Waals surface area contributed by atoms with Gasteiger partial charge in [0, 0.05) is 16.8 Å². The molecular weight excluding hydrogens is 277 g/mol. The minimum atomic E-state index is -1.21. The molecule has 0 saturated heterocycles. The highest BCUT2D eigenvalue weighted by atomic mass is 35.5. The van der Waals surface area contributed by atoms with Gasteiger partial charge >= 0.3 is 5.97 Å². The van der Waals surface area contributed by atoms with Gasteiger partial charge in [-0.1, -0.05) is 11.6 Å². The molecule has 0 spiro atoms. The highest BCUT2D eigenvalue weighted by Crippen LogP contribution is 2.19. The van der Waals surface area contributed by atoms with Crippen LogP contribution in [0, 0.1) is 5.82 Å². The molecule has 1 heterocycles. The first-order valence-electron chi connectivity index (χ1n) is 5.05. The van der Waals surface area contributed by atoms with Crippen molar-refractivity contribution >= 4 is 29.2 Å². The lowest BCUT2D eigenvalue weighted by Gasteiger charge is -2.03. The number of carbonyl (C=O) groups is 2. The number of rotatable bonds is 3. The number of anilines is 1. The second-order valence-corrected chi connectivity index (χ2v) is 4.05. The normalized spacial score (nSPS) is 10.2. The van der Waals surface area contributed by atoms with E-state index >= 15 is 0 Å². The summed E-state index contributed by atoms with van der Waals surface area (Å²) in [5, 5.41) is 11.2. The van der Waals surface area contributed by atoms with E-state index in [1.165, 1.54) is 6.07 Å². The molecule has 7 heteroatoms. The van der Waals surface area contributed by atoms with Gasteiger partial charge in [0.2, 0.25) is 0 Å². The Hall–Kier alpha value is -2.34. The average Bonchev–Trinajstić information content (AvgIpc) is 2.76. The largest absolute Gasteiger partial charge is 0.478 e. The van der Waals surface area contributed by atoms with E-state index in [4.69, 9.17) is 21.1 Å². The highest BCUT2D eigenvalue weighted by Gasteiger charge is 2.15. The van der Waals surface area contributed by atoms with Crippen molar-refractivity contribution in [3.8, 4) is 0 Å². The molecule has 0 fully saturated rings. The SMILES string of the molecule is O=C(O)c1coc(C(=O)Nc2cc(F)cc(Cl)c2)c1. The van der Waals surface area contributed by atoms with Crippen LogP contribution in [0.25, 0.3) is 0 Å². The molecule has 0 aliphatic carbocycles. The Bertz CT molecular complexity index is 633. The molecule has 0 unspecified atom stereocenters. The number of halogens is 2. The van der Waals surface area contributed by atoms with Crippen LogP contribution in [0.1, 0.15) is 20.9 Å². The Morgan fingerprint density at radius 1 is 1.26 bits per heavy atom. The van der Waals surface area contributed by atoms with Crippen molar-refractivity contribution in [2.45, 2.75) is 0 Å². The maximum absolute atomic E-state index is 13.1. The van der Waals surface area contributed by atoms with Crippen LogP contribution in [0.3, 0.4) is 0 Å². The zero-order valence-corrected chi connectivity index (χ0v) is 10.1. The van der Waals surface area contributed by atoms with Gasteiger partial charge in [0.05, 0.1) is 5.56 Å². The number of aromatic carboxylic acids is 1. The molecule has 0 aliphatic rings. The fraction of sp³-hybridized carbons (Fsp3) is 0. The predicted molar refractivity (Wildman–Crippen MR) is 65.0 cm³/mol. The van der Waals surface area contributed by atoms with Crippen LogP contribution in [0.15, 0.2) is 34.9 Å². The summed E-state index contributed by atoms with van der Waals surface area (Å²) in [6.45, 7) is 0. The van der Waals surface area contributed by atoms with E-state index in [1.807, 2.05) is 0 Å². The van der Waals surface area contributed by atoms with Crippen LogP contribution in [-0.4, -0.2) is 17.0 Å². The first kappa shape index (κ1) is 13.1. The fourth-order valence-electron chi connectivity index (χ4n) is 1.39. The summed E-state index contributed by atoms with van der Waals surface area (Å²) in [7, 11) is 0. The summed E-state index contributed by atoms with van der Waals surface area (Å²) in [6.07, 6.45) is 0.940. The molecule has 2 rings (SSSR count). The Balaban J connectivity index is 2.18. The Kier molecular flexibility index (Phi) is 3.52. The lowest BCUT2D eigenvalue weighted by atomic mass is 10.3. The lowest BCUT2D eigenvalue weighted by Crippen LogP contribution is -2.11. The maximum Gasteiger partial charge on any atom is 0.338 e. The first-order chi connectivity index (χ1) is 8.95. The van der Waals surface area contributed by atoms with Crippen molar-refractivity contribution in [1.82, 2.24) is 0 Å². The number of furan rings is 1. The van der Waals surface area contributed by atoms with Gasteiger partial charge < -0.3 is 14.8 Å². The Morgan fingerprint density at radius 3 is 2.58 bits per heavy atom. The molecular formula is C12H7ClFNO4. The Morgan fingerprint density at radius 2 is 2.00 bits per heavy atom. The molecule has 5 nitrogen and oxygen atoms in total.